The van der Waals surface area contributed by atoms with Crippen molar-refractivity contribution in [1.82, 2.24) is 4.90 Å². The highest BCUT2D eigenvalue weighted by atomic mass is 16.1. The lowest BCUT2D eigenvalue weighted by Crippen LogP contribution is -2.49. The van der Waals surface area contributed by atoms with Gasteiger partial charge >= 0.3 is 0 Å². The summed E-state index contributed by atoms with van der Waals surface area (Å²) in [6.07, 6.45) is 0.949. The molecule has 0 fully saturated rings. The van der Waals surface area contributed by atoms with Gasteiger partial charge in [0.05, 0.1) is 6.04 Å². The van der Waals surface area contributed by atoms with Gasteiger partial charge in [-0.3, -0.25) is 9.69 Å². The minimum absolute atomic E-state index is 0.0995. The van der Waals surface area contributed by atoms with E-state index in [1.807, 2.05) is 19.1 Å². The van der Waals surface area contributed by atoms with Crippen LogP contribution in [0.25, 0.3) is 0 Å². The van der Waals surface area contributed by atoms with Gasteiger partial charge in [-0.25, -0.2) is 0 Å². The zero-order valence-electron chi connectivity index (χ0n) is 10.1. The minimum Gasteiger partial charge on any atom is -0.368 e. The zero-order valence-corrected chi connectivity index (χ0v) is 10.1. The lowest BCUT2D eigenvalue weighted by Gasteiger charge is -2.39. The molecule has 17 heavy (non-hydrogen) atoms. The van der Waals surface area contributed by atoms with E-state index in [0.717, 1.165) is 13.0 Å². The van der Waals surface area contributed by atoms with Crippen LogP contribution in [-0.4, -0.2) is 29.9 Å². The summed E-state index contributed by atoms with van der Waals surface area (Å²) in [5, 5.41) is 0. The molecule has 4 heteroatoms. The number of nitrogens with two attached hydrogens (primary N) is 2. The minimum atomic E-state index is -0.289. The number of nitrogens with zero attached hydrogens (tertiary/aromatic N) is 1. The van der Waals surface area contributed by atoms with Crippen molar-refractivity contribution in [1.29, 1.82) is 0 Å². The first-order chi connectivity index (χ1) is 8.15. The second kappa shape index (κ2) is 4.85. The SMILES string of the molecule is CC(C(N)=O)N1CCc2ccccc2C1CN. The molecule has 92 valence electrons. The maximum absolute atomic E-state index is 11.3. The topological polar surface area (TPSA) is 72.4 Å². The van der Waals surface area contributed by atoms with Crippen molar-refractivity contribution < 1.29 is 4.79 Å². The van der Waals surface area contributed by atoms with Crippen LogP contribution in [0, 0.1) is 0 Å². The van der Waals surface area contributed by atoms with Gasteiger partial charge in [0.25, 0.3) is 0 Å². The number of carbonyl (C=O) groups is 1. The molecule has 0 saturated heterocycles. The molecule has 0 aliphatic carbocycles. The van der Waals surface area contributed by atoms with Crippen LogP contribution >= 0.6 is 0 Å². The van der Waals surface area contributed by atoms with E-state index in [4.69, 9.17) is 11.5 Å². The van der Waals surface area contributed by atoms with E-state index in [-0.39, 0.29) is 18.0 Å². The highest BCUT2D eigenvalue weighted by Gasteiger charge is 2.31. The summed E-state index contributed by atoms with van der Waals surface area (Å²) < 4.78 is 0. The number of amides is 1. The van der Waals surface area contributed by atoms with Crippen LogP contribution in [0.4, 0.5) is 0 Å². The van der Waals surface area contributed by atoms with Crippen LogP contribution in [0.5, 0.6) is 0 Å². The van der Waals surface area contributed by atoms with Crippen LogP contribution < -0.4 is 11.5 Å². The van der Waals surface area contributed by atoms with E-state index >= 15 is 0 Å². The van der Waals surface area contributed by atoms with E-state index in [1.54, 1.807) is 0 Å². The molecular weight excluding hydrogens is 214 g/mol. The Balaban J connectivity index is 2.32. The fraction of sp³-hybridized carbons (Fsp3) is 0.462. The summed E-state index contributed by atoms with van der Waals surface area (Å²) in [5.41, 5.74) is 13.8. The van der Waals surface area contributed by atoms with Gasteiger partial charge < -0.3 is 11.5 Å². The third-order valence-corrected chi connectivity index (χ3v) is 3.59. The number of fused-ring (bicyclic) bond motifs is 1. The average molecular weight is 233 g/mol. The predicted octanol–water partition coefficient (Wildman–Crippen LogP) is 0.418. The molecule has 1 aliphatic rings. The molecule has 0 aromatic heterocycles. The zero-order chi connectivity index (χ0) is 12.4. The van der Waals surface area contributed by atoms with Gasteiger partial charge in [0.15, 0.2) is 0 Å². The van der Waals surface area contributed by atoms with Crippen LogP contribution in [-0.2, 0) is 11.2 Å². The van der Waals surface area contributed by atoms with Crippen molar-refractivity contribution in [3.63, 3.8) is 0 Å². The number of rotatable bonds is 3. The van der Waals surface area contributed by atoms with Gasteiger partial charge in [-0.15, -0.1) is 0 Å². The summed E-state index contributed by atoms with van der Waals surface area (Å²) in [6.45, 7) is 3.19. The Morgan fingerprint density at radius 1 is 1.53 bits per heavy atom. The number of carbonyl (C=O) groups excluding carboxylic acids is 1. The monoisotopic (exact) mass is 233 g/mol. The maximum atomic E-state index is 11.3. The van der Waals surface area contributed by atoms with Crippen molar-refractivity contribution in [2.24, 2.45) is 11.5 Å². The Morgan fingerprint density at radius 2 is 2.24 bits per heavy atom. The summed E-state index contributed by atoms with van der Waals surface area (Å²) in [7, 11) is 0. The fourth-order valence-electron chi connectivity index (χ4n) is 2.56. The summed E-state index contributed by atoms with van der Waals surface area (Å²) >= 11 is 0. The van der Waals surface area contributed by atoms with Crippen molar-refractivity contribution in [3.05, 3.63) is 35.4 Å². The van der Waals surface area contributed by atoms with E-state index in [1.165, 1.54) is 11.1 Å². The number of hydrogen-bond donors (Lipinski definition) is 2. The maximum Gasteiger partial charge on any atom is 0.234 e. The first kappa shape index (κ1) is 12.1. The molecule has 4 nitrogen and oxygen atoms in total. The van der Waals surface area contributed by atoms with E-state index in [0.29, 0.717) is 6.54 Å². The number of benzene rings is 1. The second-order valence-electron chi connectivity index (χ2n) is 4.52. The molecule has 2 unspecified atom stereocenters. The molecule has 0 radical (unpaired) electrons. The molecule has 1 aromatic rings. The van der Waals surface area contributed by atoms with Crippen molar-refractivity contribution in [2.45, 2.75) is 25.4 Å². The molecule has 0 bridgehead atoms. The highest BCUT2D eigenvalue weighted by Crippen LogP contribution is 2.30. The van der Waals surface area contributed by atoms with Gasteiger partial charge in [0.1, 0.15) is 0 Å². The van der Waals surface area contributed by atoms with E-state index in [9.17, 15) is 4.79 Å². The van der Waals surface area contributed by atoms with E-state index < -0.39 is 0 Å². The molecule has 2 rings (SSSR count). The van der Waals surface area contributed by atoms with Crippen molar-refractivity contribution >= 4 is 5.91 Å². The largest absolute Gasteiger partial charge is 0.368 e. The van der Waals surface area contributed by atoms with Crippen LogP contribution in [0.3, 0.4) is 0 Å². The molecule has 1 heterocycles. The molecule has 1 amide bonds. The molecule has 4 N–H and O–H groups in total. The lowest BCUT2D eigenvalue weighted by molar-refractivity contribution is -0.123. The molecule has 0 saturated carbocycles. The Morgan fingerprint density at radius 3 is 2.88 bits per heavy atom. The quantitative estimate of drug-likeness (QED) is 0.794. The summed E-state index contributed by atoms with van der Waals surface area (Å²) in [6, 6.07) is 8.11. The Bertz CT molecular complexity index is 419. The molecule has 0 spiro atoms. The van der Waals surface area contributed by atoms with Crippen molar-refractivity contribution in [3.8, 4) is 0 Å². The Kier molecular flexibility index (Phi) is 3.45. The fourth-order valence-corrected chi connectivity index (χ4v) is 2.56. The molecule has 1 aromatic carbocycles. The summed E-state index contributed by atoms with van der Waals surface area (Å²) in [4.78, 5) is 13.4. The number of hydrogen-bond acceptors (Lipinski definition) is 3. The normalized spacial score (nSPS) is 21.9. The third-order valence-electron chi connectivity index (χ3n) is 3.59. The van der Waals surface area contributed by atoms with E-state index in [2.05, 4.69) is 17.0 Å². The second-order valence-corrected chi connectivity index (χ2v) is 4.52. The Hall–Kier alpha value is -1.39. The smallest absolute Gasteiger partial charge is 0.234 e. The van der Waals surface area contributed by atoms with Crippen LogP contribution in [0.2, 0.25) is 0 Å². The Labute approximate surface area is 102 Å². The molecule has 2 atom stereocenters. The van der Waals surface area contributed by atoms with Crippen LogP contribution in [0.15, 0.2) is 24.3 Å². The van der Waals surface area contributed by atoms with Gasteiger partial charge in [-0.05, 0) is 24.5 Å². The van der Waals surface area contributed by atoms with Gasteiger partial charge in [0, 0.05) is 19.1 Å². The lowest BCUT2D eigenvalue weighted by atomic mass is 9.91. The third kappa shape index (κ3) is 2.18. The highest BCUT2D eigenvalue weighted by molar-refractivity contribution is 5.79. The molecule has 1 aliphatic heterocycles. The van der Waals surface area contributed by atoms with Crippen LogP contribution in [0.1, 0.15) is 24.1 Å². The van der Waals surface area contributed by atoms with Gasteiger partial charge in [-0.2, -0.15) is 0 Å². The van der Waals surface area contributed by atoms with Gasteiger partial charge in [-0.1, -0.05) is 24.3 Å². The number of primary amides is 1. The standard InChI is InChI=1S/C13H19N3O/c1-9(13(15)17)16-7-6-10-4-2-3-5-11(10)12(16)8-14/h2-5,9,12H,6-8,14H2,1H3,(H2,15,17). The first-order valence-corrected chi connectivity index (χ1v) is 5.98. The predicted molar refractivity (Wildman–Crippen MR) is 67.3 cm³/mol. The summed E-state index contributed by atoms with van der Waals surface area (Å²) in [5.74, 6) is -0.289. The molecular formula is C13H19N3O. The first-order valence-electron chi connectivity index (χ1n) is 5.98. The average Bonchev–Trinajstić information content (AvgIpc) is 2.36. The van der Waals surface area contributed by atoms with Crippen molar-refractivity contribution in [2.75, 3.05) is 13.1 Å². The van der Waals surface area contributed by atoms with Gasteiger partial charge in [0.2, 0.25) is 5.91 Å².